The average molecular weight is 553 g/mol. The second-order valence-corrected chi connectivity index (χ2v) is 7.91. The summed E-state index contributed by atoms with van der Waals surface area (Å²) in [7, 11) is 0. The lowest BCUT2D eigenvalue weighted by Gasteiger charge is -2.29. The first kappa shape index (κ1) is 26.4. The van der Waals surface area contributed by atoms with Gasteiger partial charge in [-0.15, -0.1) is 24.0 Å². The number of likely N-dealkylation sites (tertiary alicyclic amines) is 1. The summed E-state index contributed by atoms with van der Waals surface area (Å²) in [5.74, 6) is 1.71. The van der Waals surface area contributed by atoms with Gasteiger partial charge in [-0.25, -0.2) is 4.99 Å². The summed E-state index contributed by atoms with van der Waals surface area (Å²) >= 11 is 0. The number of para-hydroxylation sites is 1. The molecule has 0 amide bonds. The van der Waals surface area contributed by atoms with E-state index in [1.807, 2.05) is 25.1 Å². The van der Waals surface area contributed by atoms with Gasteiger partial charge in [-0.1, -0.05) is 42.5 Å². The summed E-state index contributed by atoms with van der Waals surface area (Å²) in [5, 5.41) is 16.4. The first-order valence-corrected chi connectivity index (χ1v) is 11.4. The molecule has 0 spiro atoms. The van der Waals surface area contributed by atoms with Crippen molar-refractivity contribution in [1.29, 1.82) is 0 Å². The number of benzene rings is 2. The predicted octanol–water partition coefficient (Wildman–Crippen LogP) is 3.92. The molecular weight excluding hydrogens is 515 g/mol. The van der Waals surface area contributed by atoms with Gasteiger partial charge in [0.1, 0.15) is 5.75 Å². The van der Waals surface area contributed by atoms with Crippen molar-refractivity contribution < 1.29 is 9.84 Å². The lowest BCUT2D eigenvalue weighted by Crippen LogP contribution is -2.36. The quantitative estimate of drug-likeness (QED) is 0.250. The van der Waals surface area contributed by atoms with Crippen LogP contribution in [-0.2, 0) is 19.6 Å². The van der Waals surface area contributed by atoms with Crippen LogP contribution in [0.1, 0.15) is 43.4 Å². The number of ether oxygens (including phenoxy) is 1. The second-order valence-electron chi connectivity index (χ2n) is 7.91. The van der Waals surface area contributed by atoms with Crippen molar-refractivity contribution in [2.75, 3.05) is 26.2 Å². The lowest BCUT2D eigenvalue weighted by atomic mass is 10.1. The fourth-order valence-corrected chi connectivity index (χ4v) is 3.72. The Bertz CT molecular complexity index is 821. The minimum atomic E-state index is -0.122. The van der Waals surface area contributed by atoms with Crippen LogP contribution in [0.4, 0.5) is 0 Å². The number of piperidine rings is 1. The van der Waals surface area contributed by atoms with E-state index in [9.17, 15) is 5.11 Å². The number of aliphatic hydroxyl groups excluding tert-OH is 1. The first-order valence-electron chi connectivity index (χ1n) is 11.4. The Labute approximate surface area is 209 Å². The highest BCUT2D eigenvalue weighted by molar-refractivity contribution is 14.0. The fraction of sp³-hybridized carbons (Fsp3) is 0.480. The van der Waals surface area contributed by atoms with Crippen LogP contribution in [0.2, 0.25) is 0 Å². The summed E-state index contributed by atoms with van der Waals surface area (Å²) in [6.45, 7) is 9.69. The van der Waals surface area contributed by atoms with Gasteiger partial charge in [-0.05, 0) is 43.9 Å². The van der Waals surface area contributed by atoms with Crippen molar-refractivity contribution in [3.8, 4) is 5.75 Å². The van der Waals surface area contributed by atoms with E-state index < -0.39 is 0 Å². The molecule has 3 N–H and O–H groups in total. The third-order valence-electron chi connectivity index (χ3n) is 5.47. The minimum Gasteiger partial charge on any atom is -0.494 e. The van der Waals surface area contributed by atoms with E-state index in [1.165, 1.54) is 11.1 Å². The number of guanidine groups is 1. The molecule has 0 aliphatic carbocycles. The molecule has 2 aromatic rings. The zero-order valence-electron chi connectivity index (χ0n) is 19.2. The third kappa shape index (κ3) is 8.60. The average Bonchev–Trinajstić information content (AvgIpc) is 2.79. The van der Waals surface area contributed by atoms with Crippen LogP contribution in [0.15, 0.2) is 53.5 Å². The van der Waals surface area contributed by atoms with E-state index >= 15 is 0 Å². The second kappa shape index (κ2) is 14.3. The Morgan fingerprint density at radius 2 is 1.72 bits per heavy atom. The number of nitrogens with zero attached hydrogens (tertiary/aromatic N) is 2. The van der Waals surface area contributed by atoms with Gasteiger partial charge in [-0.2, -0.15) is 0 Å². The van der Waals surface area contributed by atoms with Crippen LogP contribution >= 0.6 is 24.0 Å². The Morgan fingerprint density at radius 1 is 1.03 bits per heavy atom. The summed E-state index contributed by atoms with van der Waals surface area (Å²) in [6, 6.07) is 16.8. The summed E-state index contributed by atoms with van der Waals surface area (Å²) < 4.78 is 5.71. The monoisotopic (exact) mass is 552 g/mol. The number of aliphatic imine (C=N–C) groups is 1. The van der Waals surface area contributed by atoms with Gasteiger partial charge in [0.15, 0.2) is 5.96 Å². The van der Waals surface area contributed by atoms with Crippen molar-refractivity contribution in [3.63, 3.8) is 0 Å². The normalized spacial score (nSPS) is 15.2. The summed E-state index contributed by atoms with van der Waals surface area (Å²) in [6.07, 6.45) is 1.63. The fourth-order valence-electron chi connectivity index (χ4n) is 3.72. The molecule has 0 saturated carbocycles. The van der Waals surface area contributed by atoms with Gasteiger partial charge in [0.05, 0.1) is 19.3 Å². The topological polar surface area (TPSA) is 69.1 Å². The van der Waals surface area contributed by atoms with Crippen LogP contribution in [-0.4, -0.2) is 48.3 Å². The molecule has 1 fully saturated rings. The smallest absolute Gasteiger partial charge is 0.191 e. The van der Waals surface area contributed by atoms with Gasteiger partial charge in [0, 0.05) is 38.3 Å². The van der Waals surface area contributed by atoms with Gasteiger partial charge in [0.25, 0.3) is 0 Å². The van der Waals surface area contributed by atoms with E-state index in [4.69, 9.17) is 9.73 Å². The van der Waals surface area contributed by atoms with Gasteiger partial charge in [0.2, 0.25) is 0 Å². The highest BCUT2D eigenvalue weighted by Gasteiger charge is 2.16. The van der Waals surface area contributed by atoms with Crippen molar-refractivity contribution in [2.45, 2.75) is 52.4 Å². The molecule has 6 nitrogen and oxygen atoms in total. The number of aliphatic hydroxyl groups is 1. The SMILES string of the molecule is CCNC(=NCc1ccc(CN2CCC(O)CC2)cc1)NCc1ccccc1OCC.I. The Morgan fingerprint density at radius 3 is 2.41 bits per heavy atom. The Hall–Kier alpha value is -1.84. The maximum atomic E-state index is 9.66. The molecule has 0 radical (unpaired) electrons. The van der Waals surface area contributed by atoms with E-state index in [0.29, 0.717) is 19.7 Å². The zero-order valence-corrected chi connectivity index (χ0v) is 21.5. The van der Waals surface area contributed by atoms with Crippen LogP contribution in [0.3, 0.4) is 0 Å². The summed E-state index contributed by atoms with van der Waals surface area (Å²) in [4.78, 5) is 7.15. The van der Waals surface area contributed by atoms with Crippen molar-refractivity contribution >= 4 is 29.9 Å². The number of nitrogens with one attached hydrogen (secondary N) is 2. The summed E-state index contributed by atoms with van der Waals surface area (Å²) in [5.41, 5.74) is 3.61. The van der Waals surface area contributed by atoms with E-state index in [2.05, 4.69) is 52.8 Å². The molecule has 32 heavy (non-hydrogen) atoms. The number of hydrogen-bond acceptors (Lipinski definition) is 4. The minimum absolute atomic E-state index is 0. The molecule has 3 rings (SSSR count). The molecule has 1 aliphatic rings. The molecular formula is C25H37IN4O2. The Kier molecular flexibility index (Phi) is 11.8. The molecule has 1 aliphatic heterocycles. The zero-order chi connectivity index (χ0) is 21.9. The van der Waals surface area contributed by atoms with Crippen LogP contribution < -0.4 is 15.4 Å². The largest absolute Gasteiger partial charge is 0.494 e. The Balaban J connectivity index is 0.00000363. The maximum Gasteiger partial charge on any atom is 0.191 e. The molecule has 0 unspecified atom stereocenters. The van der Waals surface area contributed by atoms with Gasteiger partial charge < -0.3 is 20.5 Å². The molecule has 0 atom stereocenters. The van der Waals surface area contributed by atoms with Crippen LogP contribution in [0.5, 0.6) is 5.75 Å². The molecule has 1 heterocycles. The standard InChI is InChI=1S/C25H36N4O2.HI/c1-3-26-25(28-18-22-7-5-6-8-24(22)31-4-2)27-17-20-9-11-21(12-10-20)19-29-15-13-23(30)14-16-29;/h5-12,23,30H,3-4,13-19H2,1-2H3,(H2,26,27,28);1H. The molecule has 7 heteroatoms. The van der Waals surface area contributed by atoms with Gasteiger partial charge in [-0.3, -0.25) is 4.90 Å². The van der Waals surface area contributed by atoms with E-state index in [1.54, 1.807) is 0 Å². The molecule has 0 aromatic heterocycles. The lowest BCUT2D eigenvalue weighted by molar-refractivity contribution is 0.0792. The molecule has 0 bridgehead atoms. The van der Waals surface area contributed by atoms with Crippen LogP contribution in [0, 0.1) is 0 Å². The van der Waals surface area contributed by atoms with Crippen molar-refractivity contribution in [1.82, 2.24) is 15.5 Å². The first-order chi connectivity index (χ1) is 15.2. The number of rotatable bonds is 9. The third-order valence-corrected chi connectivity index (χ3v) is 5.47. The van der Waals surface area contributed by atoms with Crippen molar-refractivity contribution in [2.24, 2.45) is 4.99 Å². The highest BCUT2D eigenvalue weighted by atomic mass is 127. The van der Waals surface area contributed by atoms with Crippen LogP contribution in [0.25, 0.3) is 0 Å². The van der Waals surface area contributed by atoms with Gasteiger partial charge >= 0.3 is 0 Å². The van der Waals surface area contributed by atoms with Crippen molar-refractivity contribution in [3.05, 3.63) is 65.2 Å². The predicted molar refractivity (Wildman–Crippen MR) is 142 cm³/mol. The number of hydrogen-bond donors (Lipinski definition) is 3. The molecule has 1 saturated heterocycles. The van der Waals surface area contributed by atoms with E-state index in [-0.39, 0.29) is 30.1 Å². The van der Waals surface area contributed by atoms with E-state index in [0.717, 1.165) is 56.3 Å². The molecule has 2 aromatic carbocycles. The number of halogens is 1. The highest BCUT2D eigenvalue weighted by Crippen LogP contribution is 2.17. The molecule has 176 valence electrons. The maximum absolute atomic E-state index is 9.66.